The fraction of sp³-hybridized carbons (Fsp3) is 0.368. The average molecular weight is 312 g/mol. The van der Waals surface area contributed by atoms with E-state index in [0.29, 0.717) is 0 Å². The highest BCUT2D eigenvalue weighted by Gasteiger charge is 2.16. The van der Waals surface area contributed by atoms with Crippen LogP contribution in [0.15, 0.2) is 23.6 Å². The predicted molar refractivity (Wildman–Crippen MR) is 97.8 cm³/mol. The molecule has 0 unspecified atom stereocenters. The predicted octanol–water partition coefficient (Wildman–Crippen LogP) is 5.10. The minimum absolute atomic E-state index is 0.772. The van der Waals surface area contributed by atoms with Gasteiger partial charge < -0.3 is 10.7 Å². The summed E-state index contributed by atoms with van der Waals surface area (Å²) in [5.74, 6) is 0. The van der Waals surface area contributed by atoms with Crippen LogP contribution in [0.4, 0.5) is 0 Å². The number of benzene rings is 1. The Balaban J connectivity index is 2.16. The van der Waals surface area contributed by atoms with Gasteiger partial charge in [-0.3, -0.25) is 0 Å². The van der Waals surface area contributed by atoms with Crippen LogP contribution in [0, 0.1) is 20.8 Å². The molecule has 0 aliphatic rings. The van der Waals surface area contributed by atoms with Gasteiger partial charge in [0.15, 0.2) is 0 Å². The highest BCUT2D eigenvalue weighted by Crippen LogP contribution is 2.36. The molecule has 2 nitrogen and oxygen atoms in total. The second-order valence-corrected chi connectivity index (χ2v) is 7.13. The van der Waals surface area contributed by atoms with E-state index in [4.69, 9.17) is 5.73 Å². The smallest absolute Gasteiger partial charge is 0.0599 e. The number of unbranched alkanes of at least 4 members (excludes halogenated alkanes) is 1. The molecular formula is C19H24N2S. The molecule has 0 amide bonds. The lowest BCUT2D eigenvalue weighted by Gasteiger charge is -2.05. The van der Waals surface area contributed by atoms with Crippen molar-refractivity contribution < 1.29 is 0 Å². The van der Waals surface area contributed by atoms with Crippen molar-refractivity contribution in [1.29, 1.82) is 0 Å². The van der Waals surface area contributed by atoms with Crippen LogP contribution >= 0.6 is 11.3 Å². The molecule has 22 heavy (non-hydrogen) atoms. The molecule has 3 aromatic rings. The molecule has 3 N–H and O–H groups in total. The van der Waals surface area contributed by atoms with Crippen LogP contribution in [-0.2, 0) is 6.42 Å². The summed E-state index contributed by atoms with van der Waals surface area (Å²) in [7, 11) is 0. The van der Waals surface area contributed by atoms with Gasteiger partial charge in [0.25, 0.3) is 0 Å². The Morgan fingerprint density at radius 3 is 2.55 bits per heavy atom. The van der Waals surface area contributed by atoms with E-state index in [9.17, 15) is 0 Å². The number of nitrogens with two attached hydrogens (primary N) is 1. The Bertz CT molecular complexity index is 795. The van der Waals surface area contributed by atoms with Gasteiger partial charge in [-0.1, -0.05) is 6.07 Å². The zero-order valence-corrected chi connectivity index (χ0v) is 14.4. The van der Waals surface area contributed by atoms with Gasteiger partial charge in [0.2, 0.25) is 0 Å². The first-order chi connectivity index (χ1) is 10.6. The van der Waals surface area contributed by atoms with Gasteiger partial charge in [-0.15, -0.1) is 11.3 Å². The Hall–Kier alpha value is -1.58. The first kappa shape index (κ1) is 15.3. The van der Waals surface area contributed by atoms with E-state index < -0.39 is 0 Å². The summed E-state index contributed by atoms with van der Waals surface area (Å²) in [6.07, 6.45) is 3.32. The van der Waals surface area contributed by atoms with E-state index in [2.05, 4.69) is 49.3 Å². The van der Waals surface area contributed by atoms with Crippen molar-refractivity contribution in [2.24, 2.45) is 5.73 Å². The molecule has 0 radical (unpaired) electrons. The van der Waals surface area contributed by atoms with Crippen LogP contribution in [0.1, 0.15) is 35.1 Å². The number of aryl methyl sites for hydroxylation is 4. The SMILES string of the molecule is Cc1csc(-c2[nH]c3cc(C)cc(C)c3c2CCCCN)c1. The fourth-order valence-corrected chi connectivity index (χ4v) is 4.20. The number of thiophene rings is 1. The molecule has 0 aliphatic carbocycles. The van der Waals surface area contributed by atoms with Crippen LogP contribution < -0.4 is 5.73 Å². The van der Waals surface area contributed by atoms with Crippen molar-refractivity contribution in [2.75, 3.05) is 6.54 Å². The van der Waals surface area contributed by atoms with Crippen molar-refractivity contribution in [3.63, 3.8) is 0 Å². The van der Waals surface area contributed by atoms with Crippen molar-refractivity contribution >= 4 is 22.2 Å². The minimum atomic E-state index is 0.772. The summed E-state index contributed by atoms with van der Waals surface area (Å²) in [5, 5.41) is 3.63. The van der Waals surface area contributed by atoms with Crippen molar-refractivity contribution in [3.8, 4) is 10.6 Å². The molecule has 0 spiro atoms. The number of aromatic amines is 1. The maximum absolute atomic E-state index is 5.68. The number of hydrogen-bond donors (Lipinski definition) is 2. The number of fused-ring (bicyclic) bond motifs is 1. The number of H-pyrrole nitrogens is 1. The minimum Gasteiger partial charge on any atom is -0.354 e. The standard InChI is InChI=1S/C19H24N2S/c1-12-8-14(3)18-15(6-4-5-7-20)19(21-16(18)9-12)17-10-13(2)11-22-17/h8-11,21H,4-7,20H2,1-3H3. The molecule has 116 valence electrons. The number of rotatable bonds is 5. The van der Waals surface area contributed by atoms with Gasteiger partial charge in [-0.25, -0.2) is 0 Å². The molecule has 0 fully saturated rings. The molecule has 3 rings (SSSR count). The van der Waals surface area contributed by atoms with E-state index in [1.807, 2.05) is 11.3 Å². The zero-order valence-electron chi connectivity index (χ0n) is 13.6. The summed E-state index contributed by atoms with van der Waals surface area (Å²) in [6.45, 7) is 7.31. The quantitative estimate of drug-likeness (QED) is 0.632. The second kappa shape index (κ2) is 6.27. The normalized spacial score (nSPS) is 11.5. The Kier molecular flexibility index (Phi) is 4.37. The summed E-state index contributed by atoms with van der Waals surface area (Å²) < 4.78 is 0. The lowest BCUT2D eigenvalue weighted by Crippen LogP contribution is -1.99. The van der Waals surface area contributed by atoms with E-state index in [1.165, 1.54) is 43.7 Å². The molecule has 3 heteroatoms. The maximum atomic E-state index is 5.68. The first-order valence-corrected chi connectivity index (χ1v) is 8.85. The van der Waals surface area contributed by atoms with Crippen molar-refractivity contribution in [1.82, 2.24) is 4.98 Å². The molecule has 2 heterocycles. The largest absolute Gasteiger partial charge is 0.354 e. The van der Waals surface area contributed by atoms with E-state index in [1.54, 1.807) is 0 Å². The molecule has 0 atom stereocenters. The van der Waals surface area contributed by atoms with Crippen molar-refractivity contribution in [2.45, 2.75) is 40.0 Å². The highest BCUT2D eigenvalue weighted by molar-refractivity contribution is 7.13. The Morgan fingerprint density at radius 2 is 1.86 bits per heavy atom. The maximum Gasteiger partial charge on any atom is 0.0599 e. The second-order valence-electron chi connectivity index (χ2n) is 6.22. The van der Waals surface area contributed by atoms with Gasteiger partial charge in [-0.2, -0.15) is 0 Å². The molecule has 2 aromatic heterocycles. The Labute approximate surface area is 136 Å². The third kappa shape index (κ3) is 2.83. The van der Waals surface area contributed by atoms with Crippen LogP contribution in [-0.4, -0.2) is 11.5 Å². The summed E-state index contributed by atoms with van der Waals surface area (Å²) in [6, 6.07) is 6.83. The van der Waals surface area contributed by atoms with Gasteiger partial charge in [0.1, 0.15) is 0 Å². The van der Waals surface area contributed by atoms with Crippen molar-refractivity contribution in [3.05, 3.63) is 45.8 Å². The van der Waals surface area contributed by atoms with Crippen LogP contribution in [0.3, 0.4) is 0 Å². The van der Waals surface area contributed by atoms with E-state index in [0.717, 1.165) is 25.8 Å². The molecule has 1 aromatic carbocycles. The van der Waals surface area contributed by atoms with Gasteiger partial charge in [0.05, 0.1) is 10.6 Å². The van der Waals surface area contributed by atoms with Gasteiger partial charge in [0, 0.05) is 10.9 Å². The Morgan fingerprint density at radius 1 is 1.05 bits per heavy atom. The fourth-order valence-electron chi connectivity index (χ4n) is 3.27. The monoisotopic (exact) mass is 312 g/mol. The summed E-state index contributed by atoms with van der Waals surface area (Å²) in [4.78, 5) is 5.02. The molecule has 0 bridgehead atoms. The van der Waals surface area contributed by atoms with Gasteiger partial charge >= 0.3 is 0 Å². The first-order valence-electron chi connectivity index (χ1n) is 7.97. The van der Waals surface area contributed by atoms with E-state index >= 15 is 0 Å². The van der Waals surface area contributed by atoms with Crippen LogP contribution in [0.25, 0.3) is 21.5 Å². The topological polar surface area (TPSA) is 41.8 Å². The third-order valence-corrected chi connectivity index (χ3v) is 5.27. The lowest BCUT2D eigenvalue weighted by molar-refractivity contribution is 0.748. The molecule has 0 saturated heterocycles. The molecule has 0 saturated carbocycles. The summed E-state index contributed by atoms with van der Waals surface area (Å²) in [5.41, 5.74) is 13.7. The number of aromatic nitrogens is 1. The third-order valence-electron chi connectivity index (χ3n) is 4.20. The zero-order chi connectivity index (χ0) is 15.7. The number of nitrogens with one attached hydrogen (secondary N) is 1. The van der Waals surface area contributed by atoms with Crippen LogP contribution in [0.5, 0.6) is 0 Å². The molecule has 0 aliphatic heterocycles. The van der Waals surface area contributed by atoms with Gasteiger partial charge in [-0.05, 0) is 86.3 Å². The number of hydrogen-bond acceptors (Lipinski definition) is 2. The average Bonchev–Trinajstić information content (AvgIpc) is 3.03. The molecular weight excluding hydrogens is 288 g/mol. The lowest BCUT2D eigenvalue weighted by atomic mass is 9.99. The van der Waals surface area contributed by atoms with Crippen LogP contribution in [0.2, 0.25) is 0 Å². The summed E-state index contributed by atoms with van der Waals surface area (Å²) >= 11 is 1.83. The highest BCUT2D eigenvalue weighted by atomic mass is 32.1. The van der Waals surface area contributed by atoms with E-state index in [-0.39, 0.29) is 0 Å².